The molecule has 2 atom stereocenters. The molecule has 1 fully saturated rings. The van der Waals surface area contributed by atoms with Crippen LogP contribution in [0.2, 0.25) is 0 Å². The van der Waals surface area contributed by atoms with Crippen LogP contribution in [-0.2, 0) is 6.42 Å². The number of aryl methyl sites for hydroxylation is 1. The molecule has 3 N–H and O–H groups in total. The van der Waals surface area contributed by atoms with Crippen LogP contribution < -0.4 is 15.4 Å². The van der Waals surface area contributed by atoms with Gasteiger partial charge in [0.1, 0.15) is 5.75 Å². The molecule has 2 amide bonds. The van der Waals surface area contributed by atoms with E-state index in [1.165, 1.54) is 19.3 Å². The molecule has 1 aliphatic carbocycles. The molecule has 168 valence electrons. The van der Waals surface area contributed by atoms with Gasteiger partial charge in [0.25, 0.3) is 0 Å². The molecule has 0 aromatic heterocycles. The summed E-state index contributed by atoms with van der Waals surface area (Å²) < 4.78 is 5.62. The topological polar surface area (TPSA) is 87.7 Å². The van der Waals surface area contributed by atoms with Gasteiger partial charge in [-0.15, -0.1) is 0 Å². The number of amides is 2. The van der Waals surface area contributed by atoms with Gasteiger partial charge >= 0.3 is 12.2 Å². The predicted molar refractivity (Wildman–Crippen MR) is 119 cm³/mol. The van der Waals surface area contributed by atoms with E-state index < -0.39 is 12.2 Å². The number of ether oxygens (including phenoxy) is 1. The number of hydrogen-bond acceptors (Lipinski definition) is 3. The lowest BCUT2D eigenvalue weighted by atomic mass is 9.62. The van der Waals surface area contributed by atoms with Gasteiger partial charge in [0.15, 0.2) is 0 Å². The molecule has 2 unspecified atom stereocenters. The normalized spacial score (nSPS) is 22.9. The van der Waals surface area contributed by atoms with E-state index in [9.17, 15) is 9.59 Å². The Bertz CT molecular complexity index is 719. The summed E-state index contributed by atoms with van der Waals surface area (Å²) in [6, 6.07) is 7.60. The fraction of sp³-hybridized carbons (Fsp3) is 0.667. The van der Waals surface area contributed by atoms with Crippen molar-refractivity contribution in [2.45, 2.75) is 85.1 Å². The number of carbonyl (C=O) groups excluding carboxylic acids is 1. The number of unbranched alkanes of at least 4 members (excludes halogenated alkanes) is 3. The lowest BCUT2D eigenvalue weighted by Gasteiger charge is -2.46. The van der Waals surface area contributed by atoms with E-state index >= 15 is 0 Å². The van der Waals surface area contributed by atoms with Crippen LogP contribution in [0.3, 0.4) is 0 Å². The minimum absolute atomic E-state index is 0.00318. The summed E-state index contributed by atoms with van der Waals surface area (Å²) in [7, 11) is 0. The Kier molecular flexibility index (Phi) is 8.56. The fourth-order valence-electron chi connectivity index (χ4n) is 5.02. The van der Waals surface area contributed by atoms with Crippen LogP contribution >= 0.6 is 0 Å². The summed E-state index contributed by atoms with van der Waals surface area (Å²) in [6.07, 6.45) is 6.52. The molecule has 0 bridgehead atoms. The molecule has 0 heterocycles. The van der Waals surface area contributed by atoms with Gasteiger partial charge in [-0.1, -0.05) is 65.2 Å². The van der Waals surface area contributed by atoms with Crippen molar-refractivity contribution in [1.29, 1.82) is 0 Å². The summed E-state index contributed by atoms with van der Waals surface area (Å²) in [5.74, 6) is 0.617. The van der Waals surface area contributed by atoms with Gasteiger partial charge in [0, 0.05) is 12.6 Å². The number of hydrogen-bond donors (Lipinski definition) is 3. The Balaban J connectivity index is 1.93. The van der Waals surface area contributed by atoms with Crippen molar-refractivity contribution >= 4 is 12.2 Å². The van der Waals surface area contributed by atoms with Crippen LogP contribution in [0.4, 0.5) is 9.59 Å². The molecule has 1 saturated carbocycles. The van der Waals surface area contributed by atoms with Crippen molar-refractivity contribution in [1.82, 2.24) is 10.6 Å². The number of carbonyl (C=O) groups is 2. The van der Waals surface area contributed by atoms with Gasteiger partial charge in [-0.3, -0.25) is 0 Å². The Morgan fingerprint density at radius 2 is 1.87 bits per heavy atom. The molecule has 1 aliphatic rings. The fourth-order valence-corrected chi connectivity index (χ4v) is 5.02. The summed E-state index contributed by atoms with van der Waals surface area (Å²) in [4.78, 5) is 23.6. The lowest BCUT2D eigenvalue weighted by molar-refractivity contribution is 0.0695. The average molecular weight is 419 g/mol. The number of benzene rings is 1. The van der Waals surface area contributed by atoms with E-state index in [2.05, 4.69) is 38.3 Å². The molecular weight excluding hydrogens is 380 g/mol. The van der Waals surface area contributed by atoms with Crippen molar-refractivity contribution in [3.63, 3.8) is 0 Å². The van der Waals surface area contributed by atoms with Crippen LogP contribution in [0.1, 0.15) is 78.2 Å². The maximum Gasteiger partial charge on any atom is 0.412 e. The molecule has 6 nitrogen and oxygen atoms in total. The summed E-state index contributed by atoms with van der Waals surface area (Å²) in [6.45, 7) is 9.04. The first-order valence-corrected chi connectivity index (χ1v) is 11.2. The van der Waals surface area contributed by atoms with E-state index in [-0.39, 0.29) is 16.9 Å². The van der Waals surface area contributed by atoms with Crippen molar-refractivity contribution < 1.29 is 19.4 Å². The highest BCUT2D eigenvalue weighted by Crippen LogP contribution is 2.45. The zero-order valence-electron chi connectivity index (χ0n) is 18.9. The molecule has 0 aliphatic heterocycles. The first kappa shape index (κ1) is 24.0. The van der Waals surface area contributed by atoms with Gasteiger partial charge < -0.3 is 20.5 Å². The SMILES string of the molecule is CCCCCCc1ccccc1OC(=O)NCC1(C)CC(NC(=O)O)CC(C)(C)C1. The van der Waals surface area contributed by atoms with Gasteiger partial charge in [0.05, 0.1) is 0 Å². The second-order valence-corrected chi connectivity index (χ2v) is 9.87. The third-order valence-electron chi connectivity index (χ3n) is 5.91. The summed E-state index contributed by atoms with van der Waals surface area (Å²) in [5, 5.41) is 14.7. The maximum absolute atomic E-state index is 12.5. The van der Waals surface area contributed by atoms with E-state index in [0.717, 1.165) is 31.2 Å². The van der Waals surface area contributed by atoms with Crippen LogP contribution in [-0.4, -0.2) is 29.9 Å². The molecule has 0 saturated heterocycles. The number of nitrogens with one attached hydrogen (secondary N) is 2. The first-order chi connectivity index (χ1) is 14.1. The average Bonchev–Trinajstić information content (AvgIpc) is 2.63. The maximum atomic E-state index is 12.5. The van der Waals surface area contributed by atoms with Crippen LogP contribution in [0.15, 0.2) is 24.3 Å². The Morgan fingerprint density at radius 3 is 2.57 bits per heavy atom. The van der Waals surface area contributed by atoms with E-state index in [0.29, 0.717) is 18.7 Å². The zero-order chi connectivity index (χ0) is 22.2. The molecular formula is C24H38N2O4. The first-order valence-electron chi connectivity index (χ1n) is 11.2. The minimum atomic E-state index is -0.997. The molecule has 30 heavy (non-hydrogen) atoms. The molecule has 2 rings (SSSR count). The van der Waals surface area contributed by atoms with Crippen molar-refractivity contribution in [2.24, 2.45) is 10.8 Å². The largest absolute Gasteiger partial charge is 0.465 e. The van der Waals surface area contributed by atoms with Crippen LogP contribution in [0.5, 0.6) is 5.75 Å². The number of carboxylic acid groups (broad SMARTS) is 1. The minimum Gasteiger partial charge on any atom is -0.465 e. The highest BCUT2D eigenvalue weighted by atomic mass is 16.6. The lowest BCUT2D eigenvalue weighted by Crippen LogP contribution is -2.50. The highest BCUT2D eigenvalue weighted by molar-refractivity contribution is 5.70. The smallest absolute Gasteiger partial charge is 0.412 e. The quantitative estimate of drug-likeness (QED) is 0.446. The van der Waals surface area contributed by atoms with Crippen LogP contribution in [0.25, 0.3) is 0 Å². The van der Waals surface area contributed by atoms with Crippen molar-refractivity contribution in [2.75, 3.05) is 6.54 Å². The van der Waals surface area contributed by atoms with Crippen molar-refractivity contribution in [3.8, 4) is 5.75 Å². The molecule has 1 aromatic rings. The van der Waals surface area contributed by atoms with Crippen molar-refractivity contribution in [3.05, 3.63) is 29.8 Å². The predicted octanol–water partition coefficient (Wildman–Crippen LogP) is 5.75. The zero-order valence-corrected chi connectivity index (χ0v) is 18.9. The number of rotatable bonds is 9. The Morgan fingerprint density at radius 1 is 1.13 bits per heavy atom. The van der Waals surface area contributed by atoms with Crippen LogP contribution in [0, 0.1) is 10.8 Å². The number of para-hydroxylation sites is 1. The van der Waals surface area contributed by atoms with E-state index in [4.69, 9.17) is 9.84 Å². The standard InChI is InChI=1S/C24H38N2O4/c1-5-6-7-8-11-18-12-9-10-13-20(18)30-22(29)25-17-24(4)15-19(26-21(27)28)14-23(2,3)16-24/h9-10,12-13,19,26H,5-8,11,14-17H2,1-4H3,(H,25,29)(H,27,28). The van der Waals surface area contributed by atoms with E-state index in [1.54, 1.807) is 0 Å². The summed E-state index contributed by atoms with van der Waals surface area (Å²) in [5.41, 5.74) is 0.851. The second-order valence-electron chi connectivity index (χ2n) is 9.87. The van der Waals surface area contributed by atoms with Gasteiger partial charge in [-0.05, 0) is 54.6 Å². The van der Waals surface area contributed by atoms with E-state index in [1.807, 2.05) is 24.3 Å². The Hall–Kier alpha value is -2.24. The third kappa shape index (κ3) is 7.88. The Labute approximate surface area is 180 Å². The highest BCUT2D eigenvalue weighted by Gasteiger charge is 2.42. The molecule has 0 spiro atoms. The monoisotopic (exact) mass is 418 g/mol. The second kappa shape index (κ2) is 10.7. The van der Waals surface area contributed by atoms with Gasteiger partial charge in [0.2, 0.25) is 0 Å². The summed E-state index contributed by atoms with van der Waals surface area (Å²) >= 11 is 0. The molecule has 6 heteroatoms. The molecule has 1 aromatic carbocycles. The molecule has 0 radical (unpaired) electrons. The third-order valence-corrected chi connectivity index (χ3v) is 5.91. The van der Waals surface area contributed by atoms with Gasteiger partial charge in [-0.2, -0.15) is 0 Å². The van der Waals surface area contributed by atoms with Gasteiger partial charge in [-0.25, -0.2) is 9.59 Å².